The van der Waals surface area contributed by atoms with Gasteiger partial charge in [0.1, 0.15) is 6.42 Å². The fourth-order valence-corrected chi connectivity index (χ4v) is 2.74. The molecular formula is C19H27NO5. The maximum atomic E-state index is 12.3. The Kier molecular flexibility index (Phi) is 8.84. The number of carboxylic acid groups (broad SMARTS) is 2. The van der Waals surface area contributed by atoms with E-state index in [-0.39, 0.29) is 11.7 Å². The predicted octanol–water partition coefficient (Wildman–Crippen LogP) is 2.85. The Balaban J connectivity index is 0.000000381. The molecule has 0 saturated carbocycles. The molecule has 2 rings (SSSR count). The Morgan fingerprint density at radius 1 is 1.00 bits per heavy atom. The van der Waals surface area contributed by atoms with E-state index in [2.05, 4.69) is 11.8 Å². The summed E-state index contributed by atoms with van der Waals surface area (Å²) in [5.41, 5.74) is 2.06. The van der Waals surface area contributed by atoms with Crippen molar-refractivity contribution in [3.63, 3.8) is 0 Å². The molecule has 138 valence electrons. The second kappa shape index (κ2) is 10.6. The third kappa shape index (κ3) is 8.44. The minimum Gasteiger partial charge on any atom is -0.481 e. The molecule has 1 fully saturated rings. The topological polar surface area (TPSA) is 94.9 Å². The molecule has 0 radical (unpaired) electrons. The first-order valence-corrected chi connectivity index (χ1v) is 8.56. The minimum atomic E-state index is -1.31. The number of piperidine rings is 1. The first-order chi connectivity index (χ1) is 11.8. The molecule has 0 amide bonds. The molecule has 6 heteroatoms. The van der Waals surface area contributed by atoms with Crippen LogP contribution in [0.5, 0.6) is 0 Å². The number of carboxylic acids is 2. The Morgan fingerprint density at radius 3 is 1.96 bits per heavy atom. The van der Waals surface area contributed by atoms with Crippen molar-refractivity contribution in [3.05, 3.63) is 35.4 Å². The van der Waals surface area contributed by atoms with Crippen molar-refractivity contribution in [2.45, 2.75) is 39.5 Å². The number of benzene rings is 1. The molecule has 0 spiro atoms. The van der Waals surface area contributed by atoms with Gasteiger partial charge in [-0.05, 0) is 32.9 Å². The average molecular weight is 349 g/mol. The van der Waals surface area contributed by atoms with E-state index in [1.165, 1.54) is 24.8 Å². The second-order valence-electron chi connectivity index (χ2n) is 6.46. The molecule has 0 aromatic heterocycles. The molecule has 0 unspecified atom stereocenters. The van der Waals surface area contributed by atoms with E-state index >= 15 is 0 Å². The highest BCUT2D eigenvalue weighted by atomic mass is 16.4. The van der Waals surface area contributed by atoms with E-state index in [4.69, 9.17) is 10.2 Å². The number of Topliss-reactive ketones (excluding diaryl/α,β-unsaturated/α-hetero) is 1. The zero-order valence-electron chi connectivity index (χ0n) is 14.9. The molecule has 0 aliphatic carbocycles. The van der Waals surface area contributed by atoms with Gasteiger partial charge in [-0.2, -0.15) is 0 Å². The summed E-state index contributed by atoms with van der Waals surface area (Å²) in [7, 11) is 0. The van der Waals surface area contributed by atoms with Crippen LogP contribution in [0.4, 0.5) is 0 Å². The van der Waals surface area contributed by atoms with Crippen molar-refractivity contribution < 1.29 is 24.6 Å². The minimum absolute atomic E-state index is 0.103. The van der Waals surface area contributed by atoms with Gasteiger partial charge in [-0.15, -0.1) is 0 Å². The van der Waals surface area contributed by atoms with Crippen LogP contribution in [0.2, 0.25) is 0 Å². The van der Waals surface area contributed by atoms with Gasteiger partial charge in [-0.3, -0.25) is 14.4 Å². The van der Waals surface area contributed by atoms with Gasteiger partial charge in [0.05, 0.1) is 0 Å². The highest BCUT2D eigenvalue weighted by molar-refractivity contribution is 5.97. The van der Waals surface area contributed by atoms with Crippen LogP contribution < -0.4 is 0 Å². The number of hydrogen-bond acceptors (Lipinski definition) is 4. The lowest BCUT2D eigenvalue weighted by molar-refractivity contribution is -0.147. The molecule has 2 N–H and O–H groups in total. The third-order valence-electron chi connectivity index (χ3n) is 4.07. The largest absolute Gasteiger partial charge is 0.481 e. The van der Waals surface area contributed by atoms with E-state index in [0.29, 0.717) is 0 Å². The Morgan fingerprint density at radius 2 is 1.52 bits per heavy atom. The summed E-state index contributed by atoms with van der Waals surface area (Å²) in [6, 6.07) is 7.93. The van der Waals surface area contributed by atoms with Crippen molar-refractivity contribution in [3.8, 4) is 0 Å². The fraction of sp³-hybridized carbons (Fsp3) is 0.526. The SMILES string of the molecule is Cc1ccc(C(=O)[C@@H](C)CN2CCCCC2)cc1.O=C(O)CC(=O)O. The van der Waals surface area contributed by atoms with Crippen LogP contribution in [0.3, 0.4) is 0 Å². The lowest BCUT2D eigenvalue weighted by atomic mass is 9.97. The van der Waals surface area contributed by atoms with E-state index in [1.54, 1.807) is 0 Å². The smallest absolute Gasteiger partial charge is 0.314 e. The van der Waals surface area contributed by atoms with Crippen LogP contribution in [0.15, 0.2) is 24.3 Å². The molecule has 1 heterocycles. The summed E-state index contributed by atoms with van der Waals surface area (Å²) in [6.45, 7) is 7.33. The van der Waals surface area contributed by atoms with Crippen LogP contribution in [0, 0.1) is 12.8 Å². The summed E-state index contributed by atoms with van der Waals surface area (Å²) < 4.78 is 0. The summed E-state index contributed by atoms with van der Waals surface area (Å²) in [4.78, 5) is 33.6. The van der Waals surface area contributed by atoms with Crippen molar-refractivity contribution in [2.75, 3.05) is 19.6 Å². The second-order valence-corrected chi connectivity index (χ2v) is 6.46. The van der Waals surface area contributed by atoms with Gasteiger partial charge in [0.25, 0.3) is 0 Å². The van der Waals surface area contributed by atoms with Crippen molar-refractivity contribution in [1.82, 2.24) is 4.90 Å². The van der Waals surface area contributed by atoms with Gasteiger partial charge >= 0.3 is 11.9 Å². The maximum absolute atomic E-state index is 12.3. The molecule has 1 aliphatic heterocycles. The number of carbonyl (C=O) groups excluding carboxylic acids is 1. The third-order valence-corrected chi connectivity index (χ3v) is 4.07. The molecule has 25 heavy (non-hydrogen) atoms. The van der Waals surface area contributed by atoms with E-state index in [9.17, 15) is 14.4 Å². The van der Waals surface area contributed by atoms with Gasteiger partial charge < -0.3 is 15.1 Å². The molecule has 1 saturated heterocycles. The number of rotatable bonds is 6. The number of likely N-dealkylation sites (tertiary alicyclic amines) is 1. The number of aryl methyl sites for hydroxylation is 1. The Labute approximate surface area is 148 Å². The number of carbonyl (C=O) groups is 3. The maximum Gasteiger partial charge on any atom is 0.314 e. The van der Waals surface area contributed by atoms with Gasteiger partial charge in [-0.1, -0.05) is 43.2 Å². The molecule has 1 atom stereocenters. The lowest BCUT2D eigenvalue weighted by Gasteiger charge is -2.28. The summed E-state index contributed by atoms with van der Waals surface area (Å²) in [5.74, 6) is -2.24. The number of nitrogens with zero attached hydrogens (tertiary/aromatic N) is 1. The first-order valence-electron chi connectivity index (χ1n) is 8.56. The van der Waals surface area contributed by atoms with Gasteiger partial charge in [-0.25, -0.2) is 0 Å². The van der Waals surface area contributed by atoms with Crippen molar-refractivity contribution in [2.24, 2.45) is 5.92 Å². The average Bonchev–Trinajstić information content (AvgIpc) is 2.55. The fourth-order valence-electron chi connectivity index (χ4n) is 2.74. The Hall–Kier alpha value is -2.21. The summed E-state index contributed by atoms with van der Waals surface area (Å²) in [6.07, 6.45) is 3.10. The van der Waals surface area contributed by atoms with E-state index < -0.39 is 18.4 Å². The predicted molar refractivity (Wildman–Crippen MR) is 94.9 cm³/mol. The molecular weight excluding hydrogens is 322 g/mol. The molecule has 1 aliphatic rings. The van der Waals surface area contributed by atoms with Crippen LogP contribution in [-0.4, -0.2) is 52.5 Å². The standard InChI is InChI=1S/C16H23NO.C3H4O4/c1-13-6-8-15(9-7-13)16(18)14(2)12-17-10-4-3-5-11-17;4-2(5)1-3(6)7/h6-9,14H,3-5,10-12H2,1-2H3;1H2,(H,4,5)(H,6,7)/t14-;/m0./s1. The van der Waals surface area contributed by atoms with Gasteiger partial charge in [0.2, 0.25) is 0 Å². The molecule has 0 bridgehead atoms. The quantitative estimate of drug-likeness (QED) is 0.606. The van der Waals surface area contributed by atoms with Crippen LogP contribution >= 0.6 is 0 Å². The lowest BCUT2D eigenvalue weighted by Crippen LogP contribution is -2.35. The van der Waals surface area contributed by atoms with Gasteiger partial charge in [0, 0.05) is 18.0 Å². The van der Waals surface area contributed by atoms with Gasteiger partial charge in [0.15, 0.2) is 5.78 Å². The summed E-state index contributed by atoms with van der Waals surface area (Å²) >= 11 is 0. The van der Waals surface area contributed by atoms with Crippen LogP contribution in [0.1, 0.15) is 48.5 Å². The van der Waals surface area contributed by atoms with E-state index in [0.717, 1.165) is 25.2 Å². The zero-order valence-corrected chi connectivity index (χ0v) is 14.9. The number of ketones is 1. The number of aliphatic carboxylic acids is 2. The van der Waals surface area contributed by atoms with Crippen molar-refractivity contribution in [1.29, 1.82) is 0 Å². The highest BCUT2D eigenvalue weighted by Crippen LogP contribution is 2.15. The summed E-state index contributed by atoms with van der Waals surface area (Å²) in [5, 5.41) is 15.4. The molecule has 1 aromatic rings. The Bertz CT molecular complexity index is 564. The van der Waals surface area contributed by atoms with E-state index in [1.807, 2.05) is 31.2 Å². The highest BCUT2D eigenvalue weighted by Gasteiger charge is 2.19. The first kappa shape index (κ1) is 20.8. The van der Waals surface area contributed by atoms with Crippen molar-refractivity contribution >= 4 is 17.7 Å². The number of hydrogen-bond donors (Lipinski definition) is 2. The zero-order chi connectivity index (χ0) is 18.8. The molecule has 1 aromatic carbocycles. The van der Waals surface area contributed by atoms with Crippen LogP contribution in [-0.2, 0) is 9.59 Å². The monoisotopic (exact) mass is 349 g/mol. The normalized spacial score (nSPS) is 15.6. The molecule has 6 nitrogen and oxygen atoms in total. The van der Waals surface area contributed by atoms with Crippen LogP contribution in [0.25, 0.3) is 0 Å².